The topological polar surface area (TPSA) is 81.3 Å². The molecule has 1 aliphatic rings. The molecule has 1 amide bonds. The minimum absolute atomic E-state index is 0.185. The second-order valence-electron chi connectivity index (χ2n) is 7.01. The van der Waals surface area contributed by atoms with E-state index in [0.29, 0.717) is 19.6 Å². The lowest BCUT2D eigenvalue weighted by Gasteiger charge is -2.11. The van der Waals surface area contributed by atoms with Crippen molar-refractivity contribution in [2.24, 2.45) is 10.9 Å². The number of nitrogens with one attached hydrogen (secondary N) is 4. The Kier molecular flexibility index (Phi) is 6.74. The molecule has 146 valence electrons. The Morgan fingerprint density at radius 1 is 1.15 bits per heavy atom. The Morgan fingerprint density at radius 3 is 2.70 bits per heavy atom. The molecule has 27 heavy (non-hydrogen) atoms. The van der Waals surface area contributed by atoms with Crippen LogP contribution in [0, 0.1) is 5.92 Å². The van der Waals surface area contributed by atoms with Crippen molar-refractivity contribution in [2.75, 3.05) is 26.2 Å². The summed E-state index contributed by atoms with van der Waals surface area (Å²) in [6.45, 7) is 7.07. The van der Waals surface area contributed by atoms with Crippen LogP contribution in [0.25, 0.3) is 10.9 Å². The van der Waals surface area contributed by atoms with Gasteiger partial charge in [0, 0.05) is 49.2 Å². The molecule has 0 saturated heterocycles. The zero-order chi connectivity index (χ0) is 19.1. The number of rotatable bonds is 9. The normalized spacial score (nSPS) is 14.4. The molecule has 0 radical (unpaired) electrons. The summed E-state index contributed by atoms with van der Waals surface area (Å²) >= 11 is 0. The number of hydrogen-bond donors (Lipinski definition) is 4. The van der Waals surface area contributed by atoms with Crippen molar-refractivity contribution in [1.29, 1.82) is 0 Å². The fourth-order valence-electron chi connectivity index (χ4n) is 3.26. The molecule has 0 spiro atoms. The van der Waals surface area contributed by atoms with E-state index in [9.17, 15) is 4.79 Å². The number of hydrogen-bond acceptors (Lipinski definition) is 2. The second-order valence-corrected chi connectivity index (χ2v) is 7.01. The molecule has 1 aliphatic carbocycles. The van der Waals surface area contributed by atoms with Gasteiger partial charge in [-0.25, -0.2) is 0 Å². The van der Waals surface area contributed by atoms with Gasteiger partial charge in [-0.1, -0.05) is 25.1 Å². The highest BCUT2D eigenvalue weighted by molar-refractivity contribution is 5.86. The molecular formula is C21H31N5O. The standard InChI is InChI=1S/C21H31N5O/c1-3-15-6-5-7-18-17(14-26-19(15)18)10-11-24-21(22-4-2)25-13-12-23-20(27)16-8-9-16/h5-7,14,16,26H,3-4,8-13H2,1-2H3,(H,23,27)(H2,22,24,25). The van der Waals surface area contributed by atoms with Crippen LogP contribution in [0.5, 0.6) is 0 Å². The minimum Gasteiger partial charge on any atom is -0.361 e. The van der Waals surface area contributed by atoms with Gasteiger partial charge in [0.15, 0.2) is 5.96 Å². The van der Waals surface area contributed by atoms with Crippen LogP contribution in [0.4, 0.5) is 0 Å². The molecular weight excluding hydrogens is 338 g/mol. The number of aromatic amines is 1. The molecule has 0 atom stereocenters. The summed E-state index contributed by atoms with van der Waals surface area (Å²) in [5.74, 6) is 1.24. The minimum atomic E-state index is 0.185. The molecule has 1 heterocycles. The molecule has 4 N–H and O–H groups in total. The van der Waals surface area contributed by atoms with Crippen molar-refractivity contribution in [2.45, 2.75) is 39.5 Å². The van der Waals surface area contributed by atoms with E-state index in [0.717, 1.165) is 38.2 Å². The first kappa shape index (κ1) is 19.3. The van der Waals surface area contributed by atoms with Crippen molar-refractivity contribution in [3.8, 4) is 0 Å². The number of para-hydroxylation sites is 1. The molecule has 6 nitrogen and oxygen atoms in total. The highest BCUT2D eigenvalue weighted by Crippen LogP contribution is 2.28. The third kappa shape index (κ3) is 5.25. The number of amides is 1. The molecule has 1 saturated carbocycles. The number of benzene rings is 1. The molecule has 0 unspecified atom stereocenters. The van der Waals surface area contributed by atoms with Crippen LogP contribution in [-0.4, -0.2) is 43.0 Å². The largest absolute Gasteiger partial charge is 0.361 e. The number of carbonyl (C=O) groups excluding carboxylic acids is 1. The van der Waals surface area contributed by atoms with E-state index < -0.39 is 0 Å². The number of fused-ring (bicyclic) bond motifs is 1. The summed E-state index contributed by atoms with van der Waals surface area (Å²) in [7, 11) is 0. The van der Waals surface area contributed by atoms with Crippen molar-refractivity contribution >= 4 is 22.8 Å². The maximum absolute atomic E-state index is 11.6. The van der Waals surface area contributed by atoms with Gasteiger partial charge in [0.25, 0.3) is 0 Å². The predicted octanol–water partition coefficient (Wildman–Crippen LogP) is 2.35. The van der Waals surface area contributed by atoms with E-state index in [1.165, 1.54) is 22.0 Å². The quantitative estimate of drug-likeness (QED) is 0.311. The SMILES string of the molecule is CCNC(=NCCc1c[nH]c2c(CC)cccc12)NCCNC(=O)C1CC1. The van der Waals surface area contributed by atoms with Gasteiger partial charge in [0.05, 0.1) is 0 Å². The van der Waals surface area contributed by atoms with Gasteiger partial charge in [-0.2, -0.15) is 0 Å². The fourth-order valence-corrected chi connectivity index (χ4v) is 3.26. The average molecular weight is 370 g/mol. The lowest BCUT2D eigenvalue weighted by Crippen LogP contribution is -2.41. The maximum Gasteiger partial charge on any atom is 0.223 e. The van der Waals surface area contributed by atoms with Crippen LogP contribution in [0.3, 0.4) is 0 Å². The Morgan fingerprint density at radius 2 is 1.96 bits per heavy atom. The monoisotopic (exact) mass is 369 g/mol. The third-order valence-corrected chi connectivity index (χ3v) is 4.93. The van der Waals surface area contributed by atoms with Crippen molar-refractivity contribution in [1.82, 2.24) is 20.9 Å². The fraction of sp³-hybridized carbons (Fsp3) is 0.524. The number of guanidine groups is 1. The zero-order valence-electron chi connectivity index (χ0n) is 16.4. The average Bonchev–Trinajstić information content (AvgIpc) is 3.46. The molecule has 6 heteroatoms. The molecule has 1 fully saturated rings. The molecule has 1 aromatic carbocycles. The van der Waals surface area contributed by atoms with E-state index in [4.69, 9.17) is 0 Å². The molecule has 0 aliphatic heterocycles. The number of nitrogens with zero attached hydrogens (tertiary/aromatic N) is 1. The van der Waals surface area contributed by atoms with Gasteiger partial charge in [0.2, 0.25) is 5.91 Å². The summed E-state index contributed by atoms with van der Waals surface area (Å²) in [4.78, 5) is 19.7. The summed E-state index contributed by atoms with van der Waals surface area (Å²) in [5.41, 5.74) is 3.90. The van der Waals surface area contributed by atoms with Gasteiger partial charge >= 0.3 is 0 Å². The van der Waals surface area contributed by atoms with E-state index in [1.54, 1.807) is 0 Å². The Balaban J connectivity index is 1.50. The van der Waals surface area contributed by atoms with Crippen LogP contribution in [0.15, 0.2) is 29.4 Å². The number of aryl methyl sites for hydroxylation is 1. The first-order chi connectivity index (χ1) is 13.2. The zero-order valence-corrected chi connectivity index (χ0v) is 16.4. The maximum atomic E-state index is 11.6. The summed E-state index contributed by atoms with van der Waals surface area (Å²) in [6, 6.07) is 6.48. The highest BCUT2D eigenvalue weighted by Gasteiger charge is 2.28. The van der Waals surface area contributed by atoms with Crippen LogP contribution in [-0.2, 0) is 17.6 Å². The van der Waals surface area contributed by atoms with Gasteiger partial charge in [0.1, 0.15) is 0 Å². The van der Waals surface area contributed by atoms with Gasteiger partial charge in [-0.05, 0) is 43.7 Å². The lowest BCUT2D eigenvalue weighted by atomic mass is 10.1. The number of carbonyl (C=O) groups is 1. The first-order valence-electron chi connectivity index (χ1n) is 10.1. The van der Waals surface area contributed by atoms with Gasteiger partial charge < -0.3 is 20.9 Å². The second kappa shape index (κ2) is 9.44. The van der Waals surface area contributed by atoms with Gasteiger partial charge in [-0.15, -0.1) is 0 Å². The third-order valence-electron chi connectivity index (χ3n) is 4.93. The van der Waals surface area contributed by atoms with E-state index in [1.807, 2.05) is 0 Å². The summed E-state index contributed by atoms with van der Waals surface area (Å²) in [6.07, 6.45) is 6.10. The summed E-state index contributed by atoms with van der Waals surface area (Å²) < 4.78 is 0. The van der Waals surface area contributed by atoms with E-state index in [-0.39, 0.29) is 11.8 Å². The number of aromatic nitrogens is 1. The first-order valence-corrected chi connectivity index (χ1v) is 10.1. The van der Waals surface area contributed by atoms with Crippen LogP contribution >= 0.6 is 0 Å². The molecule has 1 aromatic heterocycles. The van der Waals surface area contributed by atoms with Crippen molar-refractivity contribution < 1.29 is 4.79 Å². The highest BCUT2D eigenvalue weighted by atomic mass is 16.2. The lowest BCUT2D eigenvalue weighted by molar-refractivity contribution is -0.122. The number of aliphatic imine (C=N–C) groups is 1. The molecule has 2 aromatic rings. The van der Waals surface area contributed by atoms with Crippen LogP contribution in [0.2, 0.25) is 0 Å². The summed E-state index contributed by atoms with van der Waals surface area (Å²) in [5, 5.41) is 10.8. The van der Waals surface area contributed by atoms with Crippen molar-refractivity contribution in [3.63, 3.8) is 0 Å². The Hall–Kier alpha value is -2.50. The molecule has 0 bridgehead atoms. The predicted molar refractivity (Wildman–Crippen MR) is 111 cm³/mol. The van der Waals surface area contributed by atoms with Crippen LogP contribution < -0.4 is 16.0 Å². The van der Waals surface area contributed by atoms with Crippen LogP contribution in [0.1, 0.15) is 37.8 Å². The van der Waals surface area contributed by atoms with E-state index in [2.05, 4.69) is 64.2 Å². The molecule has 3 rings (SSSR count). The smallest absolute Gasteiger partial charge is 0.223 e. The van der Waals surface area contributed by atoms with Crippen molar-refractivity contribution in [3.05, 3.63) is 35.5 Å². The number of H-pyrrole nitrogens is 1. The van der Waals surface area contributed by atoms with E-state index >= 15 is 0 Å². The Labute approximate surface area is 161 Å². The van der Waals surface area contributed by atoms with Gasteiger partial charge in [-0.3, -0.25) is 9.79 Å². The Bertz CT molecular complexity index is 791.